The van der Waals surface area contributed by atoms with Gasteiger partial charge in [0.1, 0.15) is 11.5 Å². The molecule has 1 saturated carbocycles. The van der Waals surface area contributed by atoms with Gasteiger partial charge in [0.15, 0.2) is 5.96 Å². The number of aliphatic imine (C=N–C) groups is 1. The predicted molar refractivity (Wildman–Crippen MR) is 123 cm³/mol. The molecule has 1 aromatic heterocycles. The van der Waals surface area contributed by atoms with E-state index in [1.54, 1.807) is 20.4 Å². The number of aromatic nitrogens is 1. The Morgan fingerprint density at radius 2 is 1.96 bits per heavy atom. The molecule has 0 saturated heterocycles. The van der Waals surface area contributed by atoms with Crippen molar-refractivity contribution in [3.05, 3.63) is 47.7 Å². The number of hydrogen-bond donors (Lipinski definition) is 2. The van der Waals surface area contributed by atoms with Gasteiger partial charge in [-0.3, -0.25) is 4.99 Å². The lowest BCUT2D eigenvalue weighted by atomic mass is 9.94. The first-order valence-corrected chi connectivity index (χ1v) is 9.41. The van der Waals surface area contributed by atoms with Crippen molar-refractivity contribution in [3.8, 4) is 5.75 Å². The lowest BCUT2D eigenvalue weighted by Gasteiger charge is -2.21. The van der Waals surface area contributed by atoms with Crippen molar-refractivity contribution in [3.63, 3.8) is 0 Å². The fourth-order valence-electron chi connectivity index (χ4n) is 3.15. The SMILES string of the molecule is CN=C(NCc1ncc(C(C)(C)C)o1)NCC1(c2ccccc2OC)CC1.I. The first-order chi connectivity index (χ1) is 12.9. The van der Waals surface area contributed by atoms with Crippen LogP contribution >= 0.6 is 24.0 Å². The van der Waals surface area contributed by atoms with Gasteiger partial charge in [-0.2, -0.15) is 0 Å². The Morgan fingerprint density at radius 3 is 2.54 bits per heavy atom. The Labute approximate surface area is 184 Å². The van der Waals surface area contributed by atoms with Gasteiger partial charge in [-0.05, 0) is 18.9 Å². The Kier molecular flexibility index (Phi) is 7.36. The van der Waals surface area contributed by atoms with Crippen LogP contribution in [0.4, 0.5) is 0 Å². The number of hydrogen-bond acceptors (Lipinski definition) is 4. The summed E-state index contributed by atoms with van der Waals surface area (Å²) < 4.78 is 11.4. The van der Waals surface area contributed by atoms with Gasteiger partial charge in [-0.25, -0.2) is 4.98 Å². The molecule has 28 heavy (non-hydrogen) atoms. The molecule has 0 amide bonds. The third kappa shape index (κ3) is 5.18. The van der Waals surface area contributed by atoms with Gasteiger partial charge in [0, 0.05) is 30.0 Å². The van der Waals surface area contributed by atoms with Crippen LogP contribution in [0, 0.1) is 0 Å². The van der Waals surface area contributed by atoms with E-state index in [-0.39, 0.29) is 34.8 Å². The van der Waals surface area contributed by atoms with Gasteiger partial charge < -0.3 is 19.8 Å². The Bertz CT molecular complexity index is 807. The number of methoxy groups -OCH3 is 1. The minimum absolute atomic E-state index is 0. The van der Waals surface area contributed by atoms with Crippen LogP contribution < -0.4 is 15.4 Å². The van der Waals surface area contributed by atoms with Crippen molar-refractivity contribution in [1.82, 2.24) is 15.6 Å². The average Bonchev–Trinajstić information content (AvgIpc) is 3.28. The smallest absolute Gasteiger partial charge is 0.213 e. The minimum atomic E-state index is -0.0434. The van der Waals surface area contributed by atoms with E-state index in [9.17, 15) is 0 Å². The number of oxazole rings is 1. The zero-order valence-electron chi connectivity index (χ0n) is 17.3. The molecule has 1 aliphatic carbocycles. The monoisotopic (exact) mass is 498 g/mol. The van der Waals surface area contributed by atoms with E-state index >= 15 is 0 Å². The number of halogens is 1. The molecule has 6 nitrogen and oxygen atoms in total. The summed E-state index contributed by atoms with van der Waals surface area (Å²) >= 11 is 0. The van der Waals surface area contributed by atoms with Crippen LogP contribution in [-0.4, -0.2) is 31.6 Å². The number of nitrogens with one attached hydrogen (secondary N) is 2. The average molecular weight is 498 g/mol. The summed E-state index contributed by atoms with van der Waals surface area (Å²) in [5.74, 6) is 3.24. The Balaban J connectivity index is 0.00000280. The van der Waals surface area contributed by atoms with Gasteiger partial charge >= 0.3 is 0 Å². The molecule has 0 bridgehead atoms. The molecule has 1 heterocycles. The molecule has 0 unspecified atom stereocenters. The number of guanidine groups is 1. The van der Waals surface area contributed by atoms with E-state index in [1.807, 2.05) is 12.1 Å². The second kappa shape index (κ2) is 9.15. The molecule has 1 aromatic carbocycles. The van der Waals surface area contributed by atoms with E-state index in [0.29, 0.717) is 12.4 Å². The van der Waals surface area contributed by atoms with E-state index in [4.69, 9.17) is 9.15 Å². The molecule has 2 N–H and O–H groups in total. The van der Waals surface area contributed by atoms with Crippen LogP contribution in [0.25, 0.3) is 0 Å². The van der Waals surface area contributed by atoms with Crippen molar-refractivity contribution >= 4 is 29.9 Å². The normalized spacial score (nSPS) is 15.5. The largest absolute Gasteiger partial charge is 0.496 e. The fourth-order valence-corrected chi connectivity index (χ4v) is 3.15. The van der Waals surface area contributed by atoms with E-state index in [0.717, 1.165) is 36.9 Å². The number of para-hydroxylation sites is 1. The van der Waals surface area contributed by atoms with Gasteiger partial charge in [-0.15, -0.1) is 24.0 Å². The molecular weight excluding hydrogens is 467 g/mol. The zero-order valence-corrected chi connectivity index (χ0v) is 19.7. The summed E-state index contributed by atoms with van der Waals surface area (Å²) in [6.07, 6.45) is 4.09. The van der Waals surface area contributed by atoms with Crippen LogP contribution in [-0.2, 0) is 17.4 Å². The molecule has 1 aliphatic rings. The van der Waals surface area contributed by atoms with Crippen LogP contribution in [0.15, 0.2) is 39.9 Å². The highest BCUT2D eigenvalue weighted by Crippen LogP contribution is 2.50. The lowest BCUT2D eigenvalue weighted by Crippen LogP contribution is -2.41. The van der Waals surface area contributed by atoms with Gasteiger partial charge in [0.05, 0.1) is 19.9 Å². The molecule has 0 atom stereocenters. The van der Waals surface area contributed by atoms with Gasteiger partial charge in [-0.1, -0.05) is 39.0 Å². The van der Waals surface area contributed by atoms with Crippen LogP contribution in [0.3, 0.4) is 0 Å². The quantitative estimate of drug-likeness (QED) is 0.358. The third-order valence-corrected chi connectivity index (χ3v) is 5.05. The van der Waals surface area contributed by atoms with Crippen molar-refractivity contribution in [1.29, 1.82) is 0 Å². The van der Waals surface area contributed by atoms with Gasteiger partial charge in [0.2, 0.25) is 5.89 Å². The lowest BCUT2D eigenvalue weighted by molar-refractivity contribution is 0.379. The molecule has 154 valence electrons. The maximum atomic E-state index is 5.83. The van der Waals surface area contributed by atoms with E-state index < -0.39 is 0 Å². The molecular formula is C21H31IN4O2. The van der Waals surface area contributed by atoms with Crippen LogP contribution in [0.2, 0.25) is 0 Å². The fraction of sp³-hybridized carbons (Fsp3) is 0.524. The molecule has 0 radical (unpaired) electrons. The third-order valence-electron chi connectivity index (χ3n) is 5.05. The standard InChI is InChI=1S/C21H30N4O2.HI/c1-20(2,3)17-12-23-18(27-17)13-24-19(22-4)25-14-21(10-11-21)15-8-6-7-9-16(15)26-5;/h6-9,12H,10-11,13-14H2,1-5H3,(H2,22,24,25);1H. The first-order valence-electron chi connectivity index (χ1n) is 9.41. The number of nitrogens with zero attached hydrogens (tertiary/aromatic N) is 2. The van der Waals surface area contributed by atoms with Gasteiger partial charge in [0.25, 0.3) is 0 Å². The molecule has 2 aromatic rings. The van der Waals surface area contributed by atoms with Crippen molar-refractivity contribution < 1.29 is 9.15 Å². The molecule has 1 fully saturated rings. The second-order valence-electron chi connectivity index (χ2n) is 8.13. The summed E-state index contributed by atoms with van der Waals surface area (Å²) in [6, 6.07) is 8.26. The number of ether oxygens (including phenoxy) is 1. The second-order valence-corrected chi connectivity index (χ2v) is 8.13. The highest BCUT2D eigenvalue weighted by Gasteiger charge is 2.46. The Morgan fingerprint density at radius 1 is 1.25 bits per heavy atom. The van der Waals surface area contributed by atoms with E-state index in [2.05, 4.69) is 53.5 Å². The van der Waals surface area contributed by atoms with Crippen LogP contribution in [0.5, 0.6) is 5.75 Å². The van der Waals surface area contributed by atoms with Crippen molar-refractivity contribution in [2.24, 2.45) is 4.99 Å². The maximum Gasteiger partial charge on any atom is 0.213 e. The topological polar surface area (TPSA) is 71.7 Å². The summed E-state index contributed by atoms with van der Waals surface area (Å²) in [7, 11) is 3.50. The molecule has 0 spiro atoms. The molecule has 0 aliphatic heterocycles. The molecule has 3 rings (SSSR count). The predicted octanol–water partition coefficient (Wildman–Crippen LogP) is 4.00. The summed E-state index contributed by atoms with van der Waals surface area (Å²) in [5, 5.41) is 6.73. The van der Waals surface area contributed by atoms with Crippen molar-refractivity contribution in [2.45, 2.75) is 51.0 Å². The zero-order chi connectivity index (χ0) is 19.5. The number of rotatable bonds is 6. The van der Waals surface area contributed by atoms with E-state index in [1.165, 1.54) is 5.56 Å². The van der Waals surface area contributed by atoms with Crippen molar-refractivity contribution in [2.75, 3.05) is 20.7 Å². The highest BCUT2D eigenvalue weighted by molar-refractivity contribution is 14.0. The summed E-state index contributed by atoms with van der Waals surface area (Å²) in [5.41, 5.74) is 1.34. The maximum absolute atomic E-state index is 5.83. The minimum Gasteiger partial charge on any atom is -0.496 e. The van der Waals surface area contributed by atoms with Crippen LogP contribution in [0.1, 0.15) is 50.8 Å². The number of benzene rings is 1. The molecule has 7 heteroatoms. The highest BCUT2D eigenvalue weighted by atomic mass is 127. The Hall–Kier alpha value is -1.77. The first kappa shape index (κ1) is 22.5. The summed E-state index contributed by atoms with van der Waals surface area (Å²) in [6.45, 7) is 7.64. The summed E-state index contributed by atoms with van der Waals surface area (Å²) in [4.78, 5) is 8.67.